The van der Waals surface area contributed by atoms with Crippen LogP contribution in [0.4, 0.5) is 8.78 Å². The van der Waals surface area contributed by atoms with Crippen LogP contribution in [0.5, 0.6) is 0 Å². The molecule has 0 heterocycles. The molecular formula is C13H13F2NO. The van der Waals surface area contributed by atoms with Crippen LogP contribution in [0, 0.1) is 17.6 Å². The average molecular weight is 237 g/mol. The Kier molecular flexibility index (Phi) is 3.33. The Bertz CT molecular complexity index is 470. The van der Waals surface area contributed by atoms with Crippen LogP contribution in [-0.4, -0.2) is 11.8 Å². The standard InChI is InChI=1S/C13H13F2NO/c14-10-2-4-12(15)9(5-10)7-13(17)8-1-3-11(16)6-8/h1-5,8,11H,6-7,16H2. The summed E-state index contributed by atoms with van der Waals surface area (Å²) >= 11 is 0. The number of carbonyl (C=O) groups excluding carboxylic acids is 1. The lowest BCUT2D eigenvalue weighted by Crippen LogP contribution is -2.20. The quantitative estimate of drug-likeness (QED) is 0.817. The summed E-state index contributed by atoms with van der Waals surface area (Å²) in [4.78, 5) is 11.8. The van der Waals surface area contributed by atoms with Crippen molar-refractivity contribution in [3.8, 4) is 0 Å². The molecule has 17 heavy (non-hydrogen) atoms. The second kappa shape index (κ2) is 4.75. The van der Waals surface area contributed by atoms with Crippen LogP contribution < -0.4 is 5.73 Å². The first-order chi connectivity index (χ1) is 8.06. The van der Waals surface area contributed by atoms with Crippen LogP contribution in [0.1, 0.15) is 12.0 Å². The molecule has 1 aromatic rings. The van der Waals surface area contributed by atoms with E-state index in [0.29, 0.717) is 6.42 Å². The van der Waals surface area contributed by atoms with Crippen molar-refractivity contribution in [1.82, 2.24) is 0 Å². The molecule has 2 rings (SSSR count). The molecule has 0 radical (unpaired) electrons. The number of allylic oxidation sites excluding steroid dienone is 1. The van der Waals surface area contributed by atoms with Crippen molar-refractivity contribution in [3.05, 3.63) is 47.5 Å². The molecular weight excluding hydrogens is 224 g/mol. The predicted octanol–water partition coefficient (Wildman–Crippen LogP) is 1.98. The first-order valence-electron chi connectivity index (χ1n) is 5.47. The minimum atomic E-state index is -0.550. The second-order valence-electron chi connectivity index (χ2n) is 4.27. The van der Waals surface area contributed by atoms with E-state index in [1.165, 1.54) is 0 Å². The molecule has 0 aromatic heterocycles. The van der Waals surface area contributed by atoms with Crippen LogP contribution >= 0.6 is 0 Å². The number of carbonyl (C=O) groups is 1. The molecule has 2 nitrogen and oxygen atoms in total. The Labute approximate surface area is 98.1 Å². The first kappa shape index (κ1) is 11.9. The minimum Gasteiger partial charge on any atom is -0.324 e. The van der Waals surface area contributed by atoms with Gasteiger partial charge in [0.05, 0.1) is 0 Å². The van der Waals surface area contributed by atoms with E-state index in [4.69, 9.17) is 5.73 Å². The van der Waals surface area contributed by atoms with Gasteiger partial charge in [0.25, 0.3) is 0 Å². The van der Waals surface area contributed by atoms with Gasteiger partial charge in [-0.05, 0) is 30.2 Å². The van der Waals surface area contributed by atoms with Crippen LogP contribution in [0.2, 0.25) is 0 Å². The van der Waals surface area contributed by atoms with Crippen LogP contribution in [-0.2, 0) is 11.2 Å². The number of ketones is 1. The summed E-state index contributed by atoms with van der Waals surface area (Å²) in [6.45, 7) is 0. The van der Waals surface area contributed by atoms with Gasteiger partial charge in [0, 0.05) is 18.4 Å². The van der Waals surface area contributed by atoms with Gasteiger partial charge in [0.2, 0.25) is 0 Å². The lowest BCUT2D eigenvalue weighted by atomic mass is 9.96. The number of hydrogen-bond donors (Lipinski definition) is 1. The Morgan fingerprint density at radius 1 is 1.35 bits per heavy atom. The zero-order valence-corrected chi connectivity index (χ0v) is 9.20. The molecule has 1 aliphatic rings. The Hall–Kier alpha value is -1.55. The van der Waals surface area contributed by atoms with Gasteiger partial charge in [-0.3, -0.25) is 4.79 Å². The zero-order chi connectivity index (χ0) is 12.4. The van der Waals surface area contributed by atoms with E-state index >= 15 is 0 Å². The number of Topliss-reactive ketones (excluding diaryl/α,β-unsaturated/α-hetero) is 1. The summed E-state index contributed by atoms with van der Waals surface area (Å²) in [5.74, 6) is -1.48. The molecule has 0 fully saturated rings. The van der Waals surface area contributed by atoms with Crippen molar-refractivity contribution in [2.75, 3.05) is 0 Å². The summed E-state index contributed by atoms with van der Waals surface area (Å²) in [6, 6.07) is 3.02. The number of benzene rings is 1. The lowest BCUT2D eigenvalue weighted by molar-refractivity contribution is -0.120. The van der Waals surface area contributed by atoms with Crippen molar-refractivity contribution in [3.63, 3.8) is 0 Å². The van der Waals surface area contributed by atoms with E-state index in [1.54, 1.807) is 12.2 Å². The normalized spacial score (nSPS) is 23.0. The Morgan fingerprint density at radius 2 is 2.12 bits per heavy atom. The summed E-state index contributed by atoms with van der Waals surface area (Å²) in [5.41, 5.74) is 5.74. The van der Waals surface area contributed by atoms with Crippen molar-refractivity contribution < 1.29 is 13.6 Å². The van der Waals surface area contributed by atoms with Gasteiger partial charge in [-0.2, -0.15) is 0 Å². The maximum atomic E-state index is 13.3. The third-order valence-corrected chi connectivity index (χ3v) is 2.90. The molecule has 2 atom stereocenters. The summed E-state index contributed by atoms with van der Waals surface area (Å²) in [5, 5.41) is 0. The molecule has 0 spiro atoms. The van der Waals surface area contributed by atoms with E-state index in [2.05, 4.69) is 0 Å². The van der Waals surface area contributed by atoms with Crippen LogP contribution in [0.15, 0.2) is 30.4 Å². The molecule has 2 N–H and O–H groups in total. The summed E-state index contributed by atoms with van der Waals surface area (Å²) in [6.07, 6.45) is 3.97. The first-order valence-corrected chi connectivity index (χ1v) is 5.47. The largest absolute Gasteiger partial charge is 0.324 e. The van der Waals surface area contributed by atoms with Crippen molar-refractivity contribution in [2.24, 2.45) is 11.7 Å². The molecule has 2 unspecified atom stereocenters. The van der Waals surface area contributed by atoms with Gasteiger partial charge in [-0.1, -0.05) is 12.2 Å². The average Bonchev–Trinajstić information content (AvgIpc) is 2.70. The van der Waals surface area contributed by atoms with Gasteiger partial charge in [0.15, 0.2) is 0 Å². The molecule has 90 valence electrons. The highest BCUT2D eigenvalue weighted by atomic mass is 19.1. The monoisotopic (exact) mass is 237 g/mol. The minimum absolute atomic E-state index is 0.0919. The van der Waals surface area contributed by atoms with Gasteiger partial charge in [0.1, 0.15) is 17.4 Å². The van der Waals surface area contributed by atoms with E-state index in [-0.39, 0.29) is 29.7 Å². The van der Waals surface area contributed by atoms with Gasteiger partial charge in [-0.25, -0.2) is 8.78 Å². The molecule has 0 bridgehead atoms. The van der Waals surface area contributed by atoms with Crippen molar-refractivity contribution in [1.29, 1.82) is 0 Å². The third-order valence-electron chi connectivity index (χ3n) is 2.90. The molecule has 1 aromatic carbocycles. The maximum Gasteiger partial charge on any atom is 0.144 e. The van der Waals surface area contributed by atoms with Crippen molar-refractivity contribution >= 4 is 5.78 Å². The van der Waals surface area contributed by atoms with E-state index < -0.39 is 11.6 Å². The SMILES string of the molecule is NC1C=CC(C(=O)Cc2cc(F)ccc2F)C1. The topological polar surface area (TPSA) is 43.1 Å². The van der Waals surface area contributed by atoms with E-state index in [9.17, 15) is 13.6 Å². The fourth-order valence-electron chi connectivity index (χ4n) is 1.96. The number of halogens is 2. The van der Waals surface area contributed by atoms with Crippen LogP contribution in [0.25, 0.3) is 0 Å². The second-order valence-corrected chi connectivity index (χ2v) is 4.27. The van der Waals surface area contributed by atoms with E-state index in [0.717, 1.165) is 18.2 Å². The predicted molar refractivity (Wildman–Crippen MR) is 60.3 cm³/mol. The highest BCUT2D eigenvalue weighted by molar-refractivity contribution is 5.85. The highest BCUT2D eigenvalue weighted by Gasteiger charge is 2.23. The van der Waals surface area contributed by atoms with Gasteiger partial charge < -0.3 is 5.73 Å². The Morgan fingerprint density at radius 3 is 2.76 bits per heavy atom. The number of nitrogens with two attached hydrogens (primary N) is 1. The highest BCUT2D eigenvalue weighted by Crippen LogP contribution is 2.20. The molecule has 0 amide bonds. The van der Waals surface area contributed by atoms with Crippen LogP contribution in [0.3, 0.4) is 0 Å². The molecule has 0 saturated carbocycles. The fourth-order valence-corrected chi connectivity index (χ4v) is 1.96. The molecule has 0 aliphatic heterocycles. The summed E-state index contributed by atoms with van der Waals surface area (Å²) in [7, 11) is 0. The Balaban J connectivity index is 2.08. The molecule has 1 aliphatic carbocycles. The molecule has 0 saturated heterocycles. The number of rotatable bonds is 3. The maximum absolute atomic E-state index is 13.3. The van der Waals surface area contributed by atoms with Gasteiger partial charge in [-0.15, -0.1) is 0 Å². The molecule has 4 heteroatoms. The third kappa shape index (κ3) is 2.77. The van der Waals surface area contributed by atoms with Gasteiger partial charge >= 0.3 is 0 Å². The van der Waals surface area contributed by atoms with Crippen molar-refractivity contribution in [2.45, 2.75) is 18.9 Å². The summed E-state index contributed by atoms with van der Waals surface area (Å²) < 4.78 is 26.3. The smallest absolute Gasteiger partial charge is 0.144 e. The fraction of sp³-hybridized carbons (Fsp3) is 0.308. The lowest BCUT2D eigenvalue weighted by Gasteiger charge is -2.08. The van der Waals surface area contributed by atoms with E-state index in [1.807, 2.05) is 0 Å². The zero-order valence-electron chi connectivity index (χ0n) is 9.20. The number of hydrogen-bond acceptors (Lipinski definition) is 2.